The molecule has 0 unspecified atom stereocenters. The molecule has 1 aliphatic heterocycles. The van der Waals surface area contributed by atoms with Crippen molar-refractivity contribution >= 4 is 11.9 Å². The number of benzene rings is 2. The van der Waals surface area contributed by atoms with E-state index in [2.05, 4.69) is 96.7 Å². The average molecular weight is 374 g/mol. The average Bonchev–Trinajstić information content (AvgIpc) is 3.19. The Balaban J connectivity index is 1.60. The molecule has 0 N–H and O–H groups in total. The fourth-order valence-corrected chi connectivity index (χ4v) is 4.32. The van der Waals surface area contributed by atoms with Gasteiger partial charge in [0.15, 0.2) is 0 Å². The lowest BCUT2D eigenvalue weighted by Gasteiger charge is -2.39. The first-order valence-corrected chi connectivity index (χ1v) is 10.6. The van der Waals surface area contributed by atoms with Crippen LogP contribution < -0.4 is 0 Å². The molecule has 3 nitrogen and oxygen atoms in total. The maximum absolute atomic E-state index is 5.07. The highest BCUT2D eigenvalue weighted by molar-refractivity contribution is 5.79. The highest BCUT2D eigenvalue weighted by Gasteiger charge is 2.35. The Morgan fingerprint density at radius 3 is 2.32 bits per heavy atom. The van der Waals surface area contributed by atoms with Gasteiger partial charge in [0.25, 0.3) is 0 Å². The van der Waals surface area contributed by atoms with Crippen molar-refractivity contribution in [3.05, 3.63) is 78.0 Å². The minimum atomic E-state index is 0.355. The Hall–Kier alpha value is -2.55. The quantitative estimate of drug-likeness (QED) is 0.654. The van der Waals surface area contributed by atoms with Gasteiger partial charge < -0.3 is 9.80 Å². The zero-order chi connectivity index (χ0) is 19.3. The number of rotatable bonds is 5. The van der Waals surface area contributed by atoms with Crippen molar-refractivity contribution in [2.24, 2.45) is 4.99 Å². The monoisotopic (exact) mass is 373 g/mol. The SMILES string of the molecule is CC(C)N1C=C(c2ccccc2)N([C@@H]2CCCC[C@H]2N=Cc2ccccc2)C1. The van der Waals surface area contributed by atoms with Crippen LogP contribution in [-0.2, 0) is 0 Å². The molecular formula is C25H31N3. The Morgan fingerprint density at radius 2 is 1.61 bits per heavy atom. The molecule has 0 spiro atoms. The molecule has 2 aliphatic rings. The molecule has 146 valence electrons. The first kappa shape index (κ1) is 18.8. The fraction of sp³-hybridized carbons (Fsp3) is 0.400. The van der Waals surface area contributed by atoms with Gasteiger partial charge in [-0.25, -0.2) is 0 Å². The summed E-state index contributed by atoms with van der Waals surface area (Å²) in [6, 6.07) is 22.6. The zero-order valence-electron chi connectivity index (χ0n) is 17.0. The van der Waals surface area contributed by atoms with E-state index in [1.165, 1.54) is 42.5 Å². The molecule has 0 saturated heterocycles. The van der Waals surface area contributed by atoms with Crippen molar-refractivity contribution < 1.29 is 0 Å². The van der Waals surface area contributed by atoms with Gasteiger partial charge in [-0.15, -0.1) is 0 Å². The molecule has 1 aliphatic carbocycles. The van der Waals surface area contributed by atoms with E-state index in [1.54, 1.807) is 0 Å². The summed E-state index contributed by atoms with van der Waals surface area (Å²) >= 11 is 0. The molecule has 1 heterocycles. The molecule has 2 aromatic rings. The number of aliphatic imine (C=N–C) groups is 1. The number of nitrogens with zero attached hydrogens (tertiary/aromatic N) is 3. The summed E-state index contributed by atoms with van der Waals surface area (Å²) < 4.78 is 0. The molecule has 3 heteroatoms. The predicted molar refractivity (Wildman–Crippen MR) is 118 cm³/mol. The zero-order valence-corrected chi connectivity index (χ0v) is 17.0. The van der Waals surface area contributed by atoms with Crippen LogP contribution in [0.4, 0.5) is 0 Å². The second-order valence-electron chi connectivity index (χ2n) is 8.21. The van der Waals surface area contributed by atoms with Crippen LogP contribution in [-0.4, -0.2) is 40.8 Å². The molecule has 0 amide bonds. The van der Waals surface area contributed by atoms with E-state index >= 15 is 0 Å². The molecule has 0 radical (unpaired) electrons. The van der Waals surface area contributed by atoms with Crippen molar-refractivity contribution in [2.45, 2.75) is 57.7 Å². The summed E-state index contributed by atoms with van der Waals surface area (Å²) in [5.74, 6) is 0. The molecule has 2 aromatic carbocycles. The van der Waals surface area contributed by atoms with Crippen molar-refractivity contribution in [3.8, 4) is 0 Å². The van der Waals surface area contributed by atoms with E-state index in [1.807, 2.05) is 0 Å². The van der Waals surface area contributed by atoms with Gasteiger partial charge in [-0.05, 0) is 37.8 Å². The van der Waals surface area contributed by atoms with Crippen molar-refractivity contribution in [1.29, 1.82) is 0 Å². The first-order chi connectivity index (χ1) is 13.7. The van der Waals surface area contributed by atoms with Gasteiger partial charge in [-0.1, -0.05) is 73.5 Å². The Morgan fingerprint density at radius 1 is 0.929 bits per heavy atom. The highest BCUT2D eigenvalue weighted by Crippen LogP contribution is 2.35. The third-order valence-electron chi connectivity index (χ3n) is 5.95. The van der Waals surface area contributed by atoms with Crippen molar-refractivity contribution in [3.63, 3.8) is 0 Å². The second kappa shape index (κ2) is 8.64. The van der Waals surface area contributed by atoms with Gasteiger partial charge in [0.2, 0.25) is 0 Å². The Bertz CT molecular complexity index is 810. The summed E-state index contributed by atoms with van der Waals surface area (Å²) in [7, 11) is 0. The molecule has 1 fully saturated rings. The first-order valence-electron chi connectivity index (χ1n) is 10.6. The normalized spacial score (nSPS) is 22.9. The minimum absolute atomic E-state index is 0.355. The minimum Gasteiger partial charge on any atom is -0.356 e. The smallest absolute Gasteiger partial charge is 0.0905 e. The van der Waals surface area contributed by atoms with Crippen LogP contribution in [0.1, 0.15) is 50.7 Å². The summed E-state index contributed by atoms with van der Waals surface area (Å²) in [6.45, 7) is 5.51. The van der Waals surface area contributed by atoms with Gasteiger partial charge in [0, 0.05) is 18.5 Å². The predicted octanol–water partition coefficient (Wildman–Crippen LogP) is 5.40. The second-order valence-corrected chi connectivity index (χ2v) is 8.21. The summed E-state index contributed by atoms with van der Waals surface area (Å²) in [6.07, 6.45) is 9.39. The Labute approximate surface area is 169 Å². The molecule has 2 atom stereocenters. The number of hydrogen-bond donors (Lipinski definition) is 0. The summed E-state index contributed by atoms with van der Waals surface area (Å²) in [5, 5.41) is 0. The van der Waals surface area contributed by atoms with Gasteiger partial charge in [-0.3, -0.25) is 4.99 Å². The van der Waals surface area contributed by atoms with Gasteiger partial charge in [0.1, 0.15) is 0 Å². The lowest BCUT2D eigenvalue weighted by atomic mass is 9.89. The van der Waals surface area contributed by atoms with Gasteiger partial charge >= 0.3 is 0 Å². The third kappa shape index (κ3) is 4.14. The molecular weight excluding hydrogens is 342 g/mol. The van der Waals surface area contributed by atoms with Crippen LogP contribution in [0.2, 0.25) is 0 Å². The lowest BCUT2D eigenvalue weighted by molar-refractivity contribution is 0.153. The van der Waals surface area contributed by atoms with E-state index in [4.69, 9.17) is 4.99 Å². The molecule has 0 aromatic heterocycles. The van der Waals surface area contributed by atoms with Crippen LogP contribution in [0.15, 0.2) is 71.9 Å². The van der Waals surface area contributed by atoms with E-state index in [9.17, 15) is 0 Å². The largest absolute Gasteiger partial charge is 0.356 e. The van der Waals surface area contributed by atoms with Crippen LogP contribution >= 0.6 is 0 Å². The summed E-state index contributed by atoms with van der Waals surface area (Å²) in [5.41, 5.74) is 3.85. The van der Waals surface area contributed by atoms with Gasteiger partial charge in [0.05, 0.1) is 24.4 Å². The van der Waals surface area contributed by atoms with Crippen LogP contribution in [0.5, 0.6) is 0 Å². The maximum atomic E-state index is 5.07. The van der Waals surface area contributed by atoms with E-state index in [0.717, 1.165) is 6.67 Å². The van der Waals surface area contributed by atoms with Crippen LogP contribution in [0, 0.1) is 0 Å². The molecule has 0 bridgehead atoms. The summed E-state index contributed by atoms with van der Waals surface area (Å²) in [4.78, 5) is 10.1. The van der Waals surface area contributed by atoms with E-state index < -0.39 is 0 Å². The fourth-order valence-electron chi connectivity index (χ4n) is 4.32. The third-order valence-corrected chi connectivity index (χ3v) is 5.95. The highest BCUT2D eigenvalue weighted by atomic mass is 15.4. The Kier molecular flexibility index (Phi) is 5.80. The maximum Gasteiger partial charge on any atom is 0.0905 e. The standard InChI is InChI=1S/C25H31N3/c1-20(2)27-18-25(22-13-7-4-8-14-22)28(19-27)24-16-10-9-15-23(24)26-17-21-11-5-3-6-12-21/h3-8,11-14,17-18,20,23-24H,9-10,15-16,19H2,1-2H3/t23-,24-/m1/s1. The molecule has 4 rings (SSSR count). The molecule has 1 saturated carbocycles. The van der Waals surface area contributed by atoms with Crippen molar-refractivity contribution in [2.75, 3.05) is 6.67 Å². The van der Waals surface area contributed by atoms with Crippen molar-refractivity contribution in [1.82, 2.24) is 9.80 Å². The lowest BCUT2D eigenvalue weighted by Crippen LogP contribution is -2.45. The van der Waals surface area contributed by atoms with E-state index in [-0.39, 0.29) is 0 Å². The van der Waals surface area contributed by atoms with Gasteiger partial charge in [-0.2, -0.15) is 0 Å². The van der Waals surface area contributed by atoms with Crippen LogP contribution in [0.25, 0.3) is 5.70 Å². The topological polar surface area (TPSA) is 18.8 Å². The van der Waals surface area contributed by atoms with Crippen LogP contribution in [0.3, 0.4) is 0 Å². The number of hydrogen-bond acceptors (Lipinski definition) is 3. The molecule has 28 heavy (non-hydrogen) atoms. The van der Waals surface area contributed by atoms with E-state index in [0.29, 0.717) is 18.1 Å².